The molecule has 1 rings (SSSR count). The molecule has 1 atom stereocenters. The van der Waals surface area contributed by atoms with Gasteiger partial charge in [0.05, 0.1) is 6.61 Å². The molecule has 1 unspecified atom stereocenters. The zero-order valence-corrected chi connectivity index (χ0v) is 6.86. The van der Waals surface area contributed by atoms with Gasteiger partial charge in [-0.1, -0.05) is 13.8 Å². The van der Waals surface area contributed by atoms with Gasteiger partial charge < -0.3 is 4.52 Å². The van der Waals surface area contributed by atoms with Gasteiger partial charge in [0.25, 0.3) is 0 Å². The smallest absolute Gasteiger partial charge is 0.205 e. The molecule has 1 saturated heterocycles. The Hall–Kier alpha value is 0.190. The molecule has 0 saturated carbocycles. The van der Waals surface area contributed by atoms with Crippen LogP contribution in [0.2, 0.25) is 0 Å². The van der Waals surface area contributed by atoms with Crippen molar-refractivity contribution in [3.63, 3.8) is 0 Å². The molecule has 0 bridgehead atoms. The van der Waals surface area contributed by atoms with Gasteiger partial charge in [0, 0.05) is 11.8 Å². The van der Waals surface area contributed by atoms with Crippen molar-refractivity contribution in [2.24, 2.45) is 0 Å². The van der Waals surface area contributed by atoms with E-state index < -0.39 is 7.37 Å². The highest BCUT2D eigenvalue weighted by Gasteiger charge is 2.31. The second kappa shape index (κ2) is 2.43. The quantitative estimate of drug-likeness (QED) is 0.532. The molecule has 0 aromatic rings. The highest BCUT2D eigenvalue weighted by Crippen LogP contribution is 2.55. The Balaban J connectivity index is 2.62. The minimum absolute atomic E-state index is 0.222. The third-order valence-corrected chi connectivity index (χ3v) is 4.84. The van der Waals surface area contributed by atoms with E-state index in [-0.39, 0.29) is 5.66 Å². The highest BCUT2D eigenvalue weighted by molar-refractivity contribution is 7.59. The second-order valence-electron chi connectivity index (χ2n) is 2.73. The topological polar surface area (TPSA) is 26.3 Å². The fraction of sp³-hybridized carbons (Fsp3) is 1.00. The van der Waals surface area contributed by atoms with Crippen molar-refractivity contribution in [3.05, 3.63) is 0 Å². The Morgan fingerprint density at radius 2 is 2.22 bits per heavy atom. The molecule has 0 aliphatic carbocycles. The first-order valence-corrected chi connectivity index (χ1v) is 5.26. The van der Waals surface area contributed by atoms with Crippen LogP contribution in [0.15, 0.2) is 0 Å². The fourth-order valence-electron chi connectivity index (χ4n) is 0.976. The third-order valence-electron chi connectivity index (χ3n) is 1.71. The van der Waals surface area contributed by atoms with Gasteiger partial charge in [0.1, 0.15) is 0 Å². The summed E-state index contributed by atoms with van der Waals surface area (Å²) in [5.74, 6) is 0. The lowest BCUT2D eigenvalue weighted by molar-refractivity contribution is 0.346. The van der Waals surface area contributed by atoms with Crippen LogP contribution in [0.5, 0.6) is 0 Å². The molecule has 2 nitrogen and oxygen atoms in total. The number of rotatable bonds is 1. The zero-order chi connectivity index (χ0) is 6.91. The summed E-state index contributed by atoms with van der Waals surface area (Å²) in [5, 5.41) is 0. The average Bonchev–Trinajstić information content (AvgIpc) is 2.16. The predicted octanol–water partition coefficient (Wildman–Crippen LogP) is 2.09. The standard InChI is InChI=1S/C6H13O2P/c1-6(2)9(7)5-3-4-8-9/h6H,3-5H2,1-2H3. The average molecular weight is 148 g/mol. The molecule has 9 heavy (non-hydrogen) atoms. The van der Waals surface area contributed by atoms with Crippen LogP contribution in [0.4, 0.5) is 0 Å². The van der Waals surface area contributed by atoms with Gasteiger partial charge in [-0.2, -0.15) is 0 Å². The Bertz CT molecular complexity index is 132. The van der Waals surface area contributed by atoms with Gasteiger partial charge in [-0.3, -0.25) is 4.57 Å². The van der Waals surface area contributed by atoms with Crippen molar-refractivity contribution in [2.45, 2.75) is 25.9 Å². The van der Waals surface area contributed by atoms with Gasteiger partial charge in [-0.05, 0) is 6.42 Å². The van der Waals surface area contributed by atoms with Gasteiger partial charge in [0.2, 0.25) is 7.37 Å². The van der Waals surface area contributed by atoms with E-state index in [0.29, 0.717) is 6.61 Å². The lowest BCUT2D eigenvalue weighted by Gasteiger charge is -2.13. The van der Waals surface area contributed by atoms with Crippen molar-refractivity contribution in [3.8, 4) is 0 Å². The molecule has 0 radical (unpaired) electrons. The van der Waals surface area contributed by atoms with Crippen LogP contribution in [0.1, 0.15) is 20.3 Å². The minimum atomic E-state index is -2.14. The van der Waals surface area contributed by atoms with E-state index in [1.54, 1.807) is 0 Å². The SMILES string of the molecule is CC(C)P1(=O)CCCO1. The first kappa shape index (κ1) is 7.30. The van der Waals surface area contributed by atoms with Crippen LogP contribution in [-0.4, -0.2) is 18.4 Å². The maximum Gasteiger partial charge on any atom is 0.205 e. The molecule has 0 N–H and O–H groups in total. The normalized spacial score (nSPS) is 35.9. The van der Waals surface area contributed by atoms with Gasteiger partial charge >= 0.3 is 0 Å². The molecule has 3 heteroatoms. The van der Waals surface area contributed by atoms with E-state index in [9.17, 15) is 4.57 Å². The summed E-state index contributed by atoms with van der Waals surface area (Å²) in [4.78, 5) is 0. The van der Waals surface area contributed by atoms with Crippen molar-refractivity contribution < 1.29 is 9.09 Å². The maximum absolute atomic E-state index is 11.5. The molecule has 0 aromatic carbocycles. The molecule has 1 aliphatic rings. The monoisotopic (exact) mass is 148 g/mol. The van der Waals surface area contributed by atoms with Crippen molar-refractivity contribution >= 4 is 7.37 Å². The third kappa shape index (κ3) is 1.36. The number of hydrogen-bond donors (Lipinski definition) is 0. The second-order valence-corrected chi connectivity index (χ2v) is 5.92. The Kier molecular flexibility index (Phi) is 1.97. The van der Waals surface area contributed by atoms with E-state index in [4.69, 9.17) is 4.52 Å². The van der Waals surface area contributed by atoms with Crippen molar-refractivity contribution in [1.82, 2.24) is 0 Å². The Morgan fingerprint density at radius 3 is 2.44 bits per heavy atom. The van der Waals surface area contributed by atoms with E-state index >= 15 is 0 Å². The first-order chi connectivity index (χ1) is 4.15. The molecule has 1 fully saturated rings. The van der Waals surface area contributed by atoms with E-state index in [0.717, 1.165) is 12.6 Å². The van der Waals surface area contributed by atoms with E-state index in [2.05, 4.69) is 0 Å². The van der Waals surface area contributed by atoms with Gasteiger partial charge in [-0.25, -0.2) is 0 Å². The molecule has 54 valence electrons. The number of hydrogen-bond acceptors (Lipinski definition) is 2. The summed E-state index contributed by atoms with van der Waals surface area (Å²) in [5.41, 5.74) is 0.222. The van der Waals surface area contributed by atoms with Crippen molar-refractivity contribution in [2.75, 3.05) is 12.8 Å². The summed E-state index contributed by atoms with van der Waals surface area (Å²) in [6.45, 7) is 4.63. The van der Waals surface area contributed by atoms with Crippen LogP contribution in [0, 0.1) is 0 Å². The van der Waals surface area contributed by atoms with E-state index in [1.165, 1.54) is 0 Å². The summed E-state index contributed by atoms with van der Waals surface area (Å²) in [6, 6.07) is 0. The first-order valence-electron chi connectivity index (χ1n) is 3.38. The summed E-state index contributed by atoms with van der Waals surface area (Å²) in [6.07, 6.45) is 1.78. The van der Waals surface area contributed by atoms with Gasteiger partial charge in [-0.15, -0.1) is 0 Å². The van der Waals surface area contributed by atoms with Gasteiger partial charge in [0.15, 0.2) is 0 Å². The summed E-state index contributed by atoms with van der Waals surface area (Å²) < 4.78 is 16.6. The van der Waals surface area contributed by atoms with Crippen molar-refractivity contribution in [1.29, 1.82) is 0 Å². The maximum atomic E-state index is 11.5. The van der Waals surface area contributed by atoms with Crippen LogP contribution in [0.3, 0.4) is 0 Å². The van der Waals surface area contributed by atoms with E-state index in [1.807, 2.05) is 13.8 Å². The molecule has 1 aliphatic heterocycles. The van der Waals surface area contributed by atoms with Crippen LogP contribution in [0.25, 0.3) is 0 Å². The largest absolute Gasteiger partial charge is 0.328 e. The molecular weight excluding hydrogens is 135 g/mol. The summed E-state index contributed by atoms with van der Waals surface area (Å²) in [7, 11) is -2.14. The molecule has 0 amide bonds. The van der Waals surface area contributed by atoms with Crippen LogP contribution in [-0.2, 0) is 9.09 Å². The fourth-order valence-corrected chi connectivity index (χ4v) is 2.93. The zero-order valence-electron chi connectivity index (χ0n) is 5.96. The summed E-state index contributed by atoms with van der Waals surface area (Å²) >= 11 is 0. The lowest BCUT2D eigenvalue weighted by Crippen LogP contribution is -1.97. The molecule has 1 heterocycles. The molecule has 0 spiro atoms. The van der Waals surface area contributed by atoms with Crippen LogP contribution >= 0.6 is 7.37 Å². The van der Waals surface area contributed by atoms with Crippen LogP contribution < -0.4 is 0 Å². The molecule has 0 aromatic heterocycles. The highest BCUT2D eigenvalue weighted by atomic mass is 31.2. The Labute approximate surface area is 56.0 Å². The Morgan fingerprint density at radius 1 is 1.56 bits per heavy atom. The minimum Gasteiger partial charge on any atom is -0.328 e. The predicted molar refractivity (Wildman–Crippen MR) is 38.2 cm³/mol. The molecular formula is C6H13O2P. The lowest BCUT2D eigenvalue weighted by atomic mass is 10.5.